The van der Waals surface area contributed by atoms with Gasteiger partial charge in [-0.05, 0) is 19.4 Å². The topological polar surface area (TPSA) is 72.9 Å². The maximum atomic E-state index is 12.7. The number of amides is 1. The zero-order valence-corrected chi connectivity index (χ0v) is 13.9. The van der Waals surface area contributed by atoms with Crippen LogP contribution in [0.1, 0.15) is 33.3 Å². The number of likely N-dealkylation sites (N-methyl/N-ethyl adjacent to an activating group) is 1. The molecule has 1 aromatic carbocycles. The number of rotatable bonds is 7. The molecular weight excluding hydrogens is 298 g/mol. The second kappa shape index (κ2) is 8.92. The smallest absolute Gasteiger partial charge is 0.303 e. The first-order valence-corrected chi connectivity index (χ1v) is 7.52. The van der Waals surface area contributed by atoms with Gasteiger partial charge in [0.2, 0.25) is 6.10 Å². The van der Waals surface area contributed by atoms with Crippen molar-refractivity contribution in [3.05, 3.63) is 35.9 Å². The number of hydrogen-bond acceptors (Lipinski definition) is 5. The predicted molar refractivity (Wildman–Crippen MR) is 84.3 cm³/mol. The van der Waals surface area contributed by atoms with Crippen LogP contribution in [0.2, 0.25) is 0 Å². The first kappa shape index (κ1) is 18.7. The van der Waals surface area contributed by atoms with Crippen molar-refractivity contribution in [1.29, 1.82) is 0 Å². The number of nitrogens with zero attached hydrogens (tertiary/aromatic N) is 1. The van der Waals surface area contributed by atoms with E-state index in [1.54, 1.807) is 4.90 Å². The summed E-state index contributed by atoms with van der Waals surface area (Å²) in [6.45, 7) is 6.66. The number of carbonyl (C=O) groups is 3. The molecule has 0 bridgehead atoms. The van der Waals surface area contributed by atoms with Crippen molar-refractivity contribution in [3.63, 3.8) is 0 Å². The van der Waals surface area contributed by atoms with E-state index in [-0.39, 0.29) is 5.91 Å². The Kier molecular flexibility index (Phi) is 7.25. The molecule has 2 atom stereocenters. The van der Waals surface area contributed by atoms with Crippen molar-refractivity contribution in [1.82, 2.24) is 4.90 Å². The molecule has 0 spiro atoms. The Bertz CT molecular complexity index is 543. The number of carbonyl (C=O) groups excluding carboxylic acids is 3. The fourth-order valence-corrected chi connectivity index (χ4v) is 2.18. The van der Waals surface area contributed by atoms with Gasteiger partial charge in [-0.15, -0.1) is 0 Å². The summed E-state index contributed by atoms with van der Waals surface area (Å²) in [6, 6.07) is 9.49. The molecule has 0 aliphatic heterocycles. The third kappa shape index (κ3) is 6.10. The second-order valence-corrected chi connectivity index (χ2v) is 5.18. The first-order chi connectivity index (χ1) is 10.8. The van der Waals surface area contributed by atoms with Crippen LogP contribution < -0.4 is 0 Å². The highest BCUT2D eigenvalue weighted by atomic mass is 16.6. The third-order valence-electron chi connectivity index (χ3n) is 3.22. The summed E-state index contributed by atoms with van der Waals surface area (Å²) in [5.41, 5.74) is 0.962. The van der Waals surface area contributed by atoms with Crippen LogP contribution in [0.15, 0.2) is 30.3 Å². The highest BCUT2D eigenvalue weighted by molar-refractivity contribution is 5.84. The van der Waals surface area contributed by atoms with Crippen molar-refractivity contribution in [2.24, 2.45) is 0 Å². The number of benzene rings is 1. The summed E-state index contributed by atoms with van der Waals surface area (Å²) in [7, 11) is 0. The van der Waals surface area contributed by atoms with E-state index in [0.29, 0.717) is 13.1 Å². The maximum Gasteiger partial charge on any atom is 0.303 e. The zero-order chi connectivity index (χ0) is 17.4. The van der Waals surface area contributed by atoms with Gasteiger partial charge in [0.25, 0.3) is 5.91 Å². The molecular formula is C17H23NO5. The van der Waals surface area contributed by atoms with E-state index in [2.05, 4.69) is 0 Å². The van der Waals surface area contributed by atoms with Crippen LogP contribution in [0, 0.1) is 0 Å². The molecule has 6 heteroatoms. The molecule has 23 heavy (non-hydrogen) atoms. The monoisotopic (exact) mass is 321 g/mol. The van der Waals surface area contributed by atoms with Gasteiger partial charge in [-0.1, -0.05) is 30.3 Å². The van der Waals surface area contributed by atoms with Crippen LogP contribution in [0.3, 0.4) is 0 Å². The molecule has 0 aromatic heterocycles. The maximum absolute atomic E-state index is 12.7. The number of hydrogen-bond donors (Lipinski definition) is 0. The minimum atomic E-state index is -1.15. The van der Waals surface area contributed by atoms with Crippen LogP contribution in [-0.2, 0) is 30.4 Å². The lowest BCUT2D eigenvalue weighted by Gasteiger charge is -2.29. The first-order valence-electron chi connectivity index (χ1n) is 7.52. The normalized spacial score (nSPS) is 12.9. The molecule has 0 heterocycles. The van der Waals surface area contributed by atoms with Gasteiger partial charge < -0.3 is 14.4 Å². The average molecular weight is 321 g/mol. The molecule has 1 rings (SSSR count). The lowest BCUT2D eigenvalue weighted by Crippen LogP contribution is -2.47. The molecule has 0 unspecified atom stereocenters. The van der Waals surface area contributed by atoms with Crippen molar-refractivity contribution >= 4 is 17.8 Å². The molecule has 0 radical (unpaired) electrons. The van der Waals surface area contributed by atoms with E-state index in [0.717, 1.165) is 5.56 Å². The SMILES string of the molecule is CCN(Cc1ccccc1)C(=O)[C@H](OC(C)=O)[C@H](C)OC(C)=O. The fourth-order valence-electron chi connectivity index (χ4n) is 2.18. The van der Waals surface area contributed by atoms with Crippen LogP contribution in [-0.4, -0.2) is 41.5 Å². The Labute approximate surface area is 136 Å². The van der Waals surface area contributed by atoms with E-state index in [1.807, 2.05) is 37.3 Å². The van der Waals surface area contributed by atoms with Gasteiger partial charge >= 0.3 is 11.9 Å². The Morgan fingerprint density at radius 2 is 1.61 bits per heavy atom. The summed E-state index contributed by atoms with van der Waals surface area (Å²) < 4.78 is 10.1. The molecule has 6 nitrogen and oxygen atoms in total. The lowest BCUT2D eigenvalue weighted by molar-refractivity contribution is -0.173. The van der Waals surface area contributed by atoms with Crippen molar-refractivity contribution < 1.29 is 23.9 Å². The Balaban J connectivity index is 2.90. The molecule has 1 aromatic rings. The minimum absolute atomic E-state index is 0.389. The Hall–Kier alpha value is -2.37. The van der Waals surface area contributed by atoms with Gasteiger partial charge in [0, 0.05) is 26.9 Å². The van der Waals surface area contributed by atoms with E-state index in [4.69, 9.17) is 9.47 Å². The predicted octanol–water partition coefficient (Wildman–Crippen LogP) is 1.92. The van der Waals surface area contributed by atoms with Gasteiger partial charge in [0.1, 0.15) is 6.10 Å². The largest absolute Gasteiger partial charge is 0.458 e. The number of ether oxygens (including phenoxy) is 2. The summed E-state index contributed by atoms with van der Waals surface area (Å²) >= 11 is 0. The van der Waals surface area contributed by atoms with Gasteiger partial charge in [-0.2, -0.15) is 0 Å². The van der Waals surface area contributed by atoms with Crippen LogP contribution in [0.4, 0.5) is 0 Å². The quantitative estimate of drug-likeness (QED) is 0.717. The number of esters is 2. The molecule has 0 saturated carbocycles. The van der Waals surface area contributed by atoms with Crippen molar-refractivity contribution in [3.8, 4) is 0 Å². The molecule has 0 aliphatic carbocycles. The van der Waals surface area contributed by atoms with E-state index in [1.165, 1.54) is 20.8 Å². The summed E-state index contributed by atoms with van der Waals surface area (Å²) in [4.78, 5) is 36.6. The summed E-state index contributed by atoms with van der Waals surface area (Å²) in [6.07, 6.45) is -2.01. The molecule has 1 amide bonds. The fraction of sp³-hybridized carbons (Fsp3) is 0.471. The molecule has 0 aliphatic rings. The average Bonchev–Trinajstić information content (AvgIpc) is 2.49. The molecule has 0 saturated heterocycles. The third-order valence-corrected chi connectivity index (χ3v) is 3.22. The van der Waals surface area contributed by atoms with Crippen LogP contribution in [0.25, 0.3) is 0 Å². The second-order valence-electron chi connectivity index (χ2n) is 5.18. The highest BCUT2D eigenvalue weighted by Crippen LogP contribution is 2.12. The van der Waals surface area contributed by atoms with Crippen molar-refractivity contribution in [2.75, 3.05) is 6.54 Å². The highest BCUT2D eigenvalue weighted by Gasteiger charge is 2.33. The van der Waals surface area contributed by atoms with Crippen LogP contribution in [0.5, 0.6) is 0 Å². The zero-order valence-electron chi connectivity index (χ0n) is 13.9. The Morgan fingerprint density at radius 1 is 1.04 bits per heavy atom. The minimum Gasteiger partial charge on any atom is -0.458 e. The van der Waals surface area contributed by atoms with Gasteiger partial charge in [0.15, 0.2) is 0 Å². The van der Waals surface area contributed by atoms with Gasteiger partial charge in [-0.3, -0.25) is 14.4 Å². The molecule has 126 valence electrons. The van der Waals surface area contributed by atoms with Gasteiger partial charge in [-0.25, -0.2) is 0 Å². The Morgan fingerprint density at radius 3 is 2.09 bits per heavy atom. The van der Waals surface area contributed by atoms with Crippen LogP contribution >= 0.6 is 0 Å². The van der Waals surface area contributed by atoms with E-state index in [9.17, 15) is 14.4 Å². The van der Waals surface area contributed by atoms with E-state index >= 15 is 0 Å². The van der Waals surface area contributed by atoms with Crippen molar-refractivity contribution in [2.45, 2.75) is 46.4 Å². The standard InChI is InChI=1S/C17H23NO5/c1-5-18(11-15-9-7-6-8-10-15)17(21)16(23-14(4)20)12(2)22-13(3)19/h6-10,12,16H,5,11H2,1-4H3/t12-,16+/m0/s1. The molecule has 0 fully saturated rings. The lowest BCUT2D eigenvalue weighted by atomic mass is 10.1. The summed E-state index contributed by atoms with van der Waals surface area (Å²) in [5.74, 6) is -1.52. The van der Waals surface area contributed by atoms with Gasteiger partial charge in [0.05, 0.1) is 0 Å². The molecule has 0 N–H and O–H groups in total. The summed E-state index contributed by atoms with van der Waals surface area (Å²) in [5, 5.41) is 0. The van der Waals surface area contributed by atoms with E-state index < -0.39 is 24.1 Å².